The van der Waals surface area contributed by atoms with E-state index in [0.717, 1.165) is 25.7 Å². The fourth-order valence-electron chi connectivity index (χ4n) is 2.71. The zero-order valence-electron chi connectivity index (χ0n) is 11.4. The normalized spacial score (nSPS) is 17.1. The lowest BCUT2D eigenvalue weighted by atomic mass is 9.88. The minimum absolute atomic E-state index is 0.0195. The predicted octanol–water partition coefficient (Wildman–Crippen LogP) is 2.46. The highest BCUT2D eigenvalue weighted by Crippen LogP contribution is 2.38. The SMILES string of the molecule is Cn1cc([N+](=O)[O-])cc1C(=O)NCC1(CCl)CCCC1. The number of nitrogens with one attached hydrogen (secondary N) is 1. The molecule has 1 N–H and O–H groups in total. The van der Waals surface area contributed by atoms with Gasteiger partial charge in [-0.3, -0.25) is 14.9 Å². The van der Waals surface area contributed by atoms with Crippen molar-refractivity contribution < 1.29 is 9.72 Å². The van der Waals surface area contributed by atoms with Crippen LogP contribution in [0.3, 0.4) is 0 Å². The van der Waals surface area contributed by atoms with Crippen LogP contribution in [0, 0.1) is 15.5 Å². The second-order valence-corrected chi connectivity index (χ2v) is 5.74. The lowest BCUT2D eigenvalue weighted by molar-refractivity contribution is -0.384. The first-order valence-electron chi connectivity index (χ1n) is 6.62. The van der Waals surface area contributed by atoms with Crippen LogP contribution < -0.4 is 5.32 Å². The third-order valence-corrected chi connectivity index (χ3v) is 4.57. The van der Waals surface area contributed by atoms with Crippen molar-refractivity contribution >= 4 is 23.2 Å². The van der Waals surface area contributed by atoms with Gasteiger partial charge in [-0.2, -0.15) is 0 Å². The molecule has 0 atom stereocenters. The van der Waals surface area contributed by atoms with Crippen molar-refractivity contribution in [3.05, 3.63) is 28.1 Å². The molecule has 1 aliphatic rings. The summed E-state index contributed by atoms with van der Waals surface area (Å²) in [7, 11) is 1.62. The molecule has 6 nitrogen and oxygen atoms in total. The number of hydrogen-bond donors (Lipinski definition) is 1. The number of alkyl halides is 1. The molecule has 7 heteroatoms. The topological polar surface area (TPSA) is 77.2 Å². The van der Waals surface area contributed by atoms with Gasteiger partial charge in [-0.15, -0.1) is 11.6 Å². The van der Waals surface area contributed by atoms with E-state index in [1.165, 1.54) is 16.8 Å². The van der Waals surface area contributed by atoms with E-state index in [2.05, 4.69) is 5.32 Å². The Morgan fingerprint density at radius 3 is 2.70 bits per heavy atom. The molecular weight excluding hydrogens is 282 g/mol. The summed E-state index contributed by atoms with van der Waals surface area (Å²) >= 11 is 6.03. The number of amides is 1. The zero-order chi connectivity index (χ0) is 14.8. The van der Waals surface area contributed by atoms with E-state index in [1.807, 2.05) is 0 Å². The van der Waals surface area contributed by atoms with E-state index in [4.69, 9.17) is 11.6 Å². The number of nitro groups is 1. The van der Waals surface area contributed by atoms with E-state index in [-0.39, 0.29) is 17.0 Å². The van der Waals surface area contributed by atoms with Gasteiger partial charge in [-0.05, 0) is 12.8 Å². The van der Waals surface area contributed by atoms with Crippen LogP contribution in [-0.2, 0) is 7.05 Å². The molecule has 110 valence electrons. The minimum atomic E-state index is -0.506. The maximum Gasteiger partial charge on any atom is 0.287 e. The van der Waals surface area contributed by atoms with Crippen molar-refractivity contribution in [1.82, 2.24) is 9.88 Å². The maximum absolute atomic E-state index is 12.1. The smallest absolute Gasteiger partial charge is 0.287 e. The number of rotatable bonds is 5. The summed E-state index contributed by atoms with van der Waals surface area (Å²) in [5, 5.41) is 13.6. The number of aromatic nitrogens is 1. The molecule has 0 unspecified atom stereocenters. The van der Waals surface area contributed by atoms with Crippen LogP contribution in [0.25, 0.3) is 0 Å². The standard InChI is InChI=1S/C13H18ClN3O3/c1-16-7-10(17(19)20)6-11(16)12(18)15-9-13(8-14)4-2-3-5-13/h6-7H,2-5,8-9H2,1H3,(H,15,18). The first kappa shape index (κ1) is 14.8. The molecule has 0 aliphatic heterocycles. The van der Waals surface area contributed by atoms with Gasteiger partial charge < -0.3 is 9.88 Å². The van der Waals surface area contributed by atoms with Crippen LogP contribution in [-0.4, -0.2) is 27.8 Å². The fraction of sp³-hybridized carbons (Fsp3) is 0.615. The molecule has 2 rings (SSSR count). The van der Waals surface area contributed by atoms with Gasteiger partial charge in [0.1, 0.15) is 5.69 Å². The first-order chi connectivity index (χ1) is 9.47. The fourth-order valence-corrected chi connectivity index (χ4v) is 3.08. The number of carbonyl (C=O) groups is 1. The van der Waals surface area contributed by atoms with Gasteiger partial charge in [-0.25, -0.2) is 0 Å². The Morgan fingerprint density at radius 1 is 1.55 bits per heavy atom. The highest BCUT2D eigenvalue weighted by molar-refractivity contribution is 6.18. The Labute approximate surface area is 122 Å². The van der Waals surface area contributed by atoms with Crippen LogP contribution in [0.2, 0.25) is 0 Å². The van der Waals surface area contributed by atoms with Gasteiger partial charge in [0, 0.05) is 31.0 Å². The second kappa shape index (κ2) is 5.83. The summed E-state index contributed by atoms with van der Waals surface area (Å²) in [6, 6.07) is 1.29. The van der Waals surface area contributed by atoms with Gasteiger partial charge >= 0.3 is 0 Å². The molecule has 1 aromatic heterocycles. The molecule has 1 amide bonds. The van der Waals surface area contributed by atoms with Gasteiger partial charge in [0.15, 0.2) is 0 Å². The Balaban J connectivity index is 2.03. The van der Waals surface area contributed by atoms with Crippen LogP contribution >= 0.6 is 11.6 Å². The monoisotopic (exact) mass is 299 g/mol. The molecule has 0 spiro atoms. The summed E-state index contributed by atoms with van der Waals surface area (Å²) in [5.41, 5.74) is 0.193. The van der Waals surface area contributed by atoms with Crippen LogP contribution in [0.5, 0.6) is 0 Å². The summed E-state index contributed by atoms with van der Waals surface area (Å²) in [5.74, 6) is 0.234. The third-order valence-electron chi connectivity index (χ3n) is 4.01. The number of aryl methyl sites for hydroxylation is 1. The Hall–Kier alpha value is -1.56. The van der Waals surface area contributed by atoms with Crippen molar-refractivity contribution in [3.8, 4) is 0 Å². The molecule has 0 radical (unpaired) electrons. The van der Waals surface area contributed by atoms with Crippen LogP contribution in [0.4, 0.5) is 5.69 Å². The maximum atomic E-state index is 12.1. The Kier molecular flexibility index (Phi) is 4.32. The van der Waals surface area contributed by atoms with E-state index in [0.29, 0.717) is 18.1 Å². The first-order valence-corrected chi connectivity index (χ1v) is 7.16. The Morgan fingerprint density at radius 2 is 2.20 bits per heavy atom. The summed E-state index contributed by atoms with van der Waals surface area (Å²) in [6.07, 6.45) is 5.65. The molecule has 20 heavy (non-hydrogen) atoms. The predicted molar refractivity (Wildman–Crippen MR) is 76.0 cm³/mol. The number of nitrogens with zero attached hydrogens (tertiary/aromatic N) is 2. The van der Waals surface area contributed by atoms with Crippen molar-refractivity contribution in [2.75, 3.05) is 12.4 Å². The number of hydrogen-bond acceptors (Lipinski definition) is 3. The molecule has 1 fully saturated rings. The van der Waals surface area contributed by atoms with Crippen molar-refractivity contribution in [3.63, 3.8) is 0 Å². The lowest BCUT2D eigenvalue weighted by Gasteiger charge is -2.26. The summed E-state index contributed by atoms with van der Waals surface area (Å²) < 4.78 is 1.47. The number of halogens is 1. The average Bonchev–Trinajstić information content (AvgIpc) is 3.03. The van der Waals surface area contributed by atoms with Crippen molar-refractivity contribution in [1.29, 1.82) is 0 Å². The molecule has 0 saturated heterocycles. The van der Waals surface area contributed by atoms with E-state index in [9.17, 15) is 14.9 Å². The van der Waals surface area contributed by atoms with E-state index in [1.54, 1.807) is 7.05 Å². The van der Waals surface area contributed by atoms with Gasteiger partial charge in [-0.1, -0.05) is 12.8 Å². The molecule has 1 heterocycles. The largest absolute Gasteiger partial charge is 0.350 e. The Bertz CT molecular complexity index is 521. The molecule has 1 aromatic rings. The molecule has 1 aliphatic carbocycles. The molecule has 0 aromatic carbocycles. The van der Waals surface area contributed by atoms with Crippen LogP contribution in [0.1, 0.15) is 36.2 Å². The quantitative estimate of drug-likeness (QED) is 0.515. The summed E-state index contributed by atoms with van der Waals surface area (Å²) in [6.45, 7) is 0.522. The lowest BCUT2D eigenvalue weighted by Crippen LogP contribution is -2.37. The highest BCUT2D eigenvalue weighted by atomic mass is 35.5. The summed E-state index contributed by atoms with van der Waals surface area (Å²) in [4.78, 5) is 22.3. The number of carbonyl (C=O) groups excluding carboxylic acids is 1. The van der Waals surface area contributed by atoms with Crippen molar-refractivity contribution in [2.45, 2.75) is 25.7 Å². The third kappa shape index (κ3) is 2.95. The molecule has 0 bridgehead atoms. The van der Waals surface area contributed by atoms with E-state index < -0.39 is 4.92 Å². The van der Waals surface area contributed by atoms with Gasteiger partial charge in [0.2, 0.25) is 0 Å². The van der Waals surface area contributed by atoms with E-state index >= 15 is 0 Å². The highest BCUT2D eigenvalue weighted by Gasteiger charge is 2.33. The molecular formula is C13H18ClN3O3. The second-order valence-electron chi connectivity index (χ2n) is 5.47. The van der Waals surface area contributed by atoms with Crippen molar-refractivity contribution in [2.24, 2.45) is 12.5 Å². The van der Waals surface area contributed by atoms with Crippen LogP contribution in [0.15, 0.2) is 12.3 Å². The minimum Gasteiger partial charge on any atom is -0.350 e. The van der Waals surface area contributed by atoms with Gasteiger partial charge in [0.05, 0.1) is 11.1 Å². The molecule has 1 saturated carbocycles. The van der Waals surface area contributed by atoms with Gasteiger partial charge in [0.25, 0.3) is 11.6 Å². The zero-order valence-corrected chi connectivity index (χ0v) is 12.2. The average molecular weight is 300 g/mol.